The molecular formula is CH8O4P2. The average Bonchev–Trinajstić information content (AvgIpc) is 1.31. The molecule has 46 valence electrons. The summed E-state index contributed by atoms with van der Waals surface area (Å²) in [5.41, 5.74) is 0. The van der Waals surface area contributed by atoms with Crippen molar-refractivity contribution >= 4 is 15.5 Å². The first-order valence-electron chi connectivity index (χ1n) is 1.57. The number of hydrogen-bond donors (Lipinski definition) is 4. The van der Waals surface area contributed by atoms with Crippen LogP contribution in [0.1, 0.15) is 0 Å². The average molecular weight is 146 g/mol. The fourth-order valence-electron chi connectivity index (χ4n) is 0. The van der Waals surface area contributed by atoms with Crippen molar-refractivity contribution in [2.75, 3.05) is 6.66 Å². The summed E-state index contributed by atoms with van der Waals surface area (Å²) in [7, 11) is -6.05. The van der Waals surface area contributed by atoms with Crippen LogP contribution in [0.2, 0.25) is 0 Å². The van der Waals surface area contributed by atoms with E-state index in [0.717, 1.165) is 6.66 Å². The molecule has 0 saturated heterocycles. The Bertz CT molecular complexity index is 55.2. The van der Waals surface area contributed by atoms with Crippen LogP contribution in [-0.4, -0.2) is 26.2 Å². The SMILES string of the molecule is C[PH](O)(O)P(O)O. The van der Waals surface area contributed by atoms with Gasteiger partial charge in [0, 0.05) is 0 Å². The van der Waals surface area contributed by atoms with Crippen molar-refractivity contribution < 1.29 is 19.6 Å². The summed E-state index contributed by atoms with van der Waals surface area (Å²) >= 11 is 0. The maximum atomic E-state index is 8.32. The monoisotopic (exact) mass is 146 g/mol. The molecular weight excluding hydrogens is 138 g/mol. The molecule has 6 heteroatoms. The van der Waals surface area contributed by atoms with Crippen molar-refractivity contribution in [3.8, 4) is 0 Å². The van der Waals surface area contributed by atoms with Gasteiger partial charge >= 0.3 is 41.7 Å². The molecule has 0 spiro atoms. The Balaban J connectivity index is 3.54. The van der Waals surface area contributed by atoms with Gasteiger partial charge in [-0.1, -0.05) is 0 Å². The summed E-state index contributed by atoms with van der Waals surface area (Å²) < 4.78 is 0. The summed E-state index contributed by atoms with van der Waals surface area (Å²) in [6, 6.07) is 0. The summed E-state index contributed by atoms with van der Waals surface area (Å²) in [5.74, 6) is 0. The van der Waals surface area contributed by atoms with Crippen molar-refractivity contribution in [2.24, 2.45) is 0 Å². The molecule has 0 saturated carbocycles. The Labute approximate surface area is 42.7 Å². The molecule has 4 N–H and O–H groups in total. The van der Waals surface area contributed by atoms with E-state index in [2.05, 4.69) is 0 Å². The van der Waals surface area contributed by atoms with E-state index in [9.17, 15) is 0 Å². The Morgan fingerprint density at radius 1 is 1.29 bits per heavy atom. The molecule has 0 heterocycles. The second-order valence-electron chi connectivity index (χ2n) is 1.26. The second-order valence-corrected chi connectivity index (χ2v) is 7.52. The van der Waals surface area contributed by atoms with E-state index in [-0.39, 0.29) is 0 Å². The first-order chi connectivity index (χ1) is 2.94. The molecule has 0 aromatic heterocycles. The van der Waals surface area contributed by atoms with Crippen molar-refractivity contribution in [1.82, 2.24) is 0 Å². The molecule has 4 nitrogen and oxygen atoms in total. The Kier molecular flexibility index (Phi) is 2.54. The third-order valence-electron chi connectivity index (χ3n) is 0.379. The first-order valence-corrected chi connectivity index (χ1v) is 6.05. The van der Waals surface area contributed by atoms with Crippen molar-refractivity contribution in [2.45, 2.75) is 0 Å². The van der Waals surface area contributed by atoms with Gasteiger partial charge < -0.3 is 0 Å². The van der Waals surface area contributed by atoms with Crippen LogP contribution in [0.15, 0.2) is 0 Å². The summed E-state index contributed by atoms with van der Waals surface area (Å²) in [5, 5.41) is 0. The topological polar surface area (TPSA) is 80.9 Å². The van der Waals surface area contributed by atoms with Crippen molar-refractivity contribution in [3.05, 3.63) is 0 Å². The number of rotatable bonds is 1. The zero-order valence-electron chi connectivity index (χ0n) is 3.74. The van der Waals surface area contributed by atoms with Gasteiger partial charge in [0.1, 0.15) is 0 Å². The maximum absolute atomic E-state index is 8.32. The molecule has 0 fully saturated rings. The molecule has 0 radical (unpaired) electrons. The quantitative estimate of drug-likeness (QED) is 0.372. The molecule has 0 aromatic rings. The van der Waals surface area contributed by atoms with E-state index in [1.165, 1.54) is 0 Å². The van der Waals surface area contributed by atoms with Gasteiger partial charge in [-0.3, -0.25) is 0 Å². The first kappa shape index (κ1) is 7.70. The molecule has 0 aromatic carbocycles. The summed E-state index contributed by atoms with van der Waals surface area (Å²) in [6.45, 7) is 1.04. The molecule has 0 aliphatic heterocycles. The molecule has 0 rings (SSSR count). The predicted octanol–water partition coefficient (Wildman–Crippen LogP) is -0.608. The van der Waals surface area contributed by atoms with Crippen LogP contribution >= 0.6 is 15.5 Å². The van der Waals surface area contributed by atoms with Crippen molar-refractivity contribution in [1.29, 1.82) is 0 Å². The second kappa shape index (κ2) is 2.31. The molecule has 0 aliphatic carbocycles. The summed E-state index contributed by atoms with van der Waals surface area (Å²) in [4.78, 5) is 32.8. The third kappa shape index (κ3) is 3.30. The molecule has 0 amide bonds. The predicted molar refractivity (Wildman–Crippen MR) is 30.0 cm³/mol. The minimum absolute atomic E-state index is 1.04. The van der Waals surface area contributed by atoms with Crippen LogP contribution in [0.5, 0.6) is 0 Å². The van der Waals surface area contributed by atoms with Crippen LogP contribution < -0.4 is 0 Å². The normalized spacial score (nSPS) is 15.1. The Morgan fingerprint density at radius 3 is 1.43 bits per heavy atom. The van der Waals surface area contributed by atoms with Crippen LogP contribution in [0.4, 0.5) is 0 Å². The van der Waals surface area contributed by atoms with E-state index in [1.807, 2.05) is 0 Å². The van der Waals surface area contributed by atoms with Gasteiger partial charge in [-0.25, -0.2) is 0 Å². The van der Waals surface area contributed by atoms with Crippen LogP contribution in [0.25, 0.3) is 0 Å². The van der Waals surface area contributed by atoms with E-state index >= 15 is 0 Å². The fourth-order valence-corrected chi connectivity index (χ4v) is 0. The molecule has 0 atom stereocenters. The Hall–Kier alpha value is 0.700. The standard InChI is InChI=1S/CH8O4P2/c1-7(4,5)6(2)3/h2-5,7H,1H3. The van der Waals surface area contributed by atoms with Gasteiger partial charge in [0.15, 0.2) is 0 Å². The van der Waals surface area contributed by atoms with Crippen molar-refractivity contribution in [3.63, 3.8) is 0 Å². The Morgan fingerprint density at radius 2 is 1.43 bits per heavy atom. The molecule has 0 unspecified atom stereocenters. The van der Waals surface area contributed by atoms with E-state index in [1.54, 1.807) is 0 Å². The van der Waals surface area contributed by atoms with Gasteiger partial charge in [-0.05, 0) is 0 Å². The van der Waals surface area contributed by atoms with Crippen LogP contribution in [0.3, 0.4) is 0 Å². The zero-order valence-corrected chi connectivity index (χ0v) is 5.63. The fraction of sp³-hybridized carbons (Fsp3) is 1.00. The third-order valence-corrected chi connectivity index (χ3v) is 3.41. The number of hydrogen-bond acceptors (Lipinski definition) is 4. The van der Waals surface area contributed by atoms with Gasteiger partial charge in [0.2, 0.25) is 0 Å². The molecule has 0 aliphatic rings. The van der Waals surface area contributed by atoms with Gasteiger partial charge in [-0.2, -0.15) is 0 Å². The van der Waals surface area contributed by atoms with E-state index in [0.29, 0.717) is 0 Å². The molecule has 7 heavy (non-hydrogen) atoms. The summed E-state index contributed by atoms with van der Waals surface area (Å²) in [6.07, 6.45) is 0. The van der Waals surface area contributed by atoms with Crippen LogP contribution in [-0.2, 0) is 0 Å². The molecule has 0 bridgehead atoms. The van der Waals surface area contributed by atoms with Gasteiger partial charge in [-0.15, -0.1) is 0 Å². The van der Waals surface area contributed by atoms with Crippen LogP contribution in [0, 0.1) is 0 Å². The van der Waals surface area contributed by atoms with Gasteiger partial charge in [0.25, 0.3) is 0 Å². The van der Waals surface area contributed by atoms with E-state index in [4.69, 9.17) is 19.6 Å². The van der Waals surface area contributed by atoms with Gasteiger partial charge in [0.05, 0.1) is 0 Å². The van der Waals surface area contributed by atoms with E-state index < -0.39 is 15.5 Å². The minimum atomic E-state index is -3.56. The zero-order chi connectivity index (χ0) is 6.08.